The molecule has 17 heavy (non-hydrogen) atoms. The Hall–Kier alpha value is -1.18. The van der Waals surface area contributed by atoms with E-state index in [0.29, 0.717) is 0 Å². The van der Waals surface area contributed by atoms with Gasteiger partial charge in [-0.25, -0.2) is 0 Å². The third kappa shape index (κ3) is 6.20. The fourth-order valence-corrected chi connectivity index (χ4v) is 1.45. The lowest BCUT2D eigenvalue weighted by Crippen LogP contribution is -2.24. The fourth-order valence-electron chi connectivity index (χ4n) is 0.980. The lowest BCUT2D eigenvalue weighted by atomic mass is 10.3. The number of halogens is 2. The molecule has 90 valence electrons. The topological polar surface area (TPSA) is 38.3 Å². The van der Waals surface area contributed by atoms with Crippen LogP contribution in [-0.4, -0.2) is 24.9 Å². The first kappa shape index (κ1) is 13.9. The van der Waals surface area contributed by atoms with Crippen LogP contribution in [0, 0.1) is 11.8 Å². The highest BCUT2D eigenvalue weighted by Gasteiger charge is 1.93. The Kier molecular flexibility index (Phi) is 6.53. The van der Waals surface area contributed by atoms with Crippen molar-refractivity contribution >= 4 is 33.4 Å². The zero-order valence-corrected chi connectivity index (χ0v) is 11.3. The minimum absolute atomic E-state index is 0.0454. The number of carbonyl (C=O) groups is 1. The van der Waals surface area contributed by atoms with Crippen LogP contribution < -0.4 is 10.1 Å². The molecule has 1 aromatic rings. The molecule has 1 aromatic carbocycles. The summed E-state index contributed by atoms with van der Waals surface area (Å²) in [5.74, 6) is 6.02. The quantitative estimate of drug-likeness (QED) is 0.683. The van der Waals surface area contributed by atoms with E-state index in [0.717, 1.165) is 10.2 Å². The summed E-state index contributed by atoms with van der Waals surface area (Å²) in [7, 11) is 0. The molecule has 0 saturated heterocycles. The van der Waals surface area contributed by atoms with Gasteiger partial charge in [0.2, 0.25) is 5.91 Å². The van der Waals surface area contributed by atoms with E-state index in [1.807, 2.05) is 24.3 Å². The van der Waals surface area contributed by atoms with Crippen LogP contribution in [0.25, 0.3) is 0 Å². The molecule has 0 radical (unpaired) electrons. The highest BCUT2D eigenvalue weighted by Crippen LogP contribution is 2.17. The minimum atomic E-state index is -0.228. The number of hydrogen-bond donors (Lipinski definition) is 1. The van der Waals surface area contributed by atoms with Crippen LogP contribution >= 0.6 is 27.5 Å². The molecule has 0 saturated carbocycles. The van der Waals surface area contributed by atoms with Crippen LogP contribution in [0.5, 0.6) is 5.75 Å². The van der Waals surface area contributed by atoms with Crippen LogP contribution in [0.15, 0.2) is 28.7 Å². The summed E-state index contributed by atoms with van der Waals surface area (Å²) in [6.45, 7) is 0.570. The number of benzene rings is 1. The predicted octanol–water partition coefficient (Wildman–Crippen LogP) is 2.19. The Balaban J connectivity index is 2.24. The maximum Gasteiger partial charge on any atom is 0.235 e. The number of hydrogen-bond acceptors (Lipinski definition) is 2. The van der Waals surface area contributed by atoms with E-state index < -0.39 is 0 Å². The van der Waals surface area contributed by atoms with Crippen molar-refractivity contribution in [1.29, 1.82) is 0 Å². The Morgan fingerprint density at radius 1 is 1.47 bits per heavy atom. The van der Waals surface area contributed by atoms with Crippen LogP contribution in [-0.2, 0) is 4.79 Å². The average Bonchev–Trinajstić information content (AvgIpc) is 2.33. The van der Waals surface area contributed by atoms with Crippen LogP contribution in [0.1, 0.15) is 0 Å². The zero-order valence-electron chi connectivity index (χ0n) is 9.00. The van der Waals surface area contributed by atoms with Crippen LogP contribution in [0.3, 0.4) is 0 Å². The summed E-state index contributed by atoms with van der Waals surface area (Å²) in [5, 5.41) is 2.53. The number of carbonyl (C=O) groups excluding carboxylic acids is 1. The molecule has 0 bridgehead atoms. The Bertz CT molecular complexity index is 440. The molecule has 0 atom stereocenters. The lowest BCUT2D eigenvalue weighted by Gasteiger charge is -2.01. The maximum absolute atomic E-state index is 10.8. The molecular weight excluding hydrogens is 305 g/mol. The van der Waals surface area contributed by atoms with Gasteiger partial charge in [0, 0.05) is 4.47 Å². The van der Waals surface area contributed by atoms with Gasteiger partial charge in [0.1, 0.15) is 18.2 Å². The van der Waals surface area contributed by atoms with E-state index in [4.69, 9.17) is 16.3 Å². The molecule has 0 aliphatic carbocycles. The number of rotatable bonds is 4. The first-order valence-electron chi connectivity index (χ1n) is 4.89. The molecule has 0 aliphatic rings. The molecule has 0 spiro atoms. The summed E-state index contributed by atoms with van der Waals surface area (Å²) in [5.41, 5.74) is 0. The van der Waals surface area contributed by atoms with E-state index in [1.54, 1.807) is 0 Å². The van der Waals surface area contributed by atoms with Gasteiger partial charge < -0.3 is 10.1 Å². The monoisotopic (exact) mass is 315 g/mol. The van der Waals surface area contributed by atoms with Crippen molar-refractivity contribution < 1.29 is 9.53 Å². The molecule has 0 aromatic heterocycles. The fraction of sp³-hybridized carbons (Fsp3) is 0.250. The summed E-state index contributed by atoms with van der Waals surface area (Å²) in [6.07, 6.45) is 0. The van der Waals surface area contributed by atoms with E-state index in [2.05, 4.69) is 33.1 Å². The first-order chi connectivity index (χ1) is 8.22. The molecule has 0 unspecified atom stereocenters. The normalized spacial score (nSPS) is 9.06. The average molecular weight is 317 g/mol. The second-order valence-corrected chi connectivity index (χ2v) is 4.19. The van der Waals surface area contributed by atoms with Gasteiger partial charge in [0.05, 0.1) is 6.54 Å². The highest BCUT2D eigenvalue weighted by atomic mass is 79.9. The lowest BCUT2D eigenvalue weighted by molar-refractivity contribution is -0.118. The van der Waals surface area contributed by atoms with Gasteiger partial charge in [-0.1, -0.05) is 33.8 Å². The third-order valence-electron chi connectivity index (χ3n) is 1.73. The maximum atomic E-state index is 10.8. The second kappa shape index (κ2) is 7.99. The zero-order chi connectivity index (χ0) is 12.5. The van der Waals surface area contributed by atoms with Gasteiger partial charge >= 0.3 is 0 Å². The summed E-state index contributed by atoms with van der Waals surface area (Å²) >= 11 is 8.64. The van der Waals surface area contributed by atoms with Crippen molar-refractivity contribution in [3.8, 4) is 17.6 Å². The molecular formula is C12H11BrClNO2. The van der Waals surface area contributed by atoms with Gasteiger partial charge in [-0.15, -0.1) is 11.6 Å². The number of nitrogens with one attached hydrogen (secondary N) is 1. The van der Waals surface area contributed by atoms with E-state index in [-0.39, 0.29) is 24.9 Å². The largest absolute Gasteiger partial charge is 0.481 e. The predicted molar refractivity (Wildman–Crippen MR) is 71.1 cm³/mol. The molecule has 0 heterocycles. The summed E-state index contributed by atoms with van der Waals surface area (Å²) in [4.78, 5) is 10.8. The van der Waals surface area contributed by atoms with Crippen LogP contribution in [0.2, 0.25) is 0 Å². The molecule has 0 fully saturated rings. The summed E-state index contributed by atoms with van der Waals surface area (Å²) < 4.78 is 6.33. The standard InChI is InChI=1S/C12H11BrClNO2/c13-10-4-3-5-11(8-10)17-7-2-1-6-15-12(16)9-14/h3-5,8H,6-7,9H2,(H,15,16). The van der Waals surface area contributed by atoms with Crippen molar-refractivity contribution in [1.82, 2.24) is 5.32 Å². The summed E-state index contributed by atoms with van der Waals surface area (Å²) in [6, 6.07) is 7.51. The number of amides is 1. The van der Waals surface area contributed by atoms with Crippen LogP contribution in [0.4, 0.5) is 0 Å². The van der Waals surface area contributed by atoms with Crippen molar-refractivity contribution in [2.45, 2.75) is 0 Å². The molecule has 0 aliphatic heterocycles. The van der Waals surface area contributed by atoms with Crippen molar-refractivity contribution in [2.75, 3.05) is 19.0 Å². The number of alkyl halides is 1. The third-order valence-corrected chi connectivity index (χ3v) is 2.46. The smallest absolute Gasteiger partial charge is 0.235 e. The van der Waals surface area contributed by atoms with Gasteiger partial charge in [0.15, 0.2) is 0 Å². The van der Waals surface area contributed by atoms with Crippen molar-refractivity contribution in [2.24, 2.45) is 0 Å². The van der Waals surface area contributed by atoms with E-state index in [1.165, 1.54) is 0 Å². The Labute approximate surface area is 114 Å². The Morgan fingerprint density at radius 3 is 3.00 bits per heavy atom. The van der Waals surface area contributed by atoms with E-state index >= 15 is 0 Å². The van der Waals surface area contributed by atoms with E-state index in [9.17, 15) is 4.79 Å². The van der Waals surface area contributed by atoms with Gasteiger partial charge in [-0.3, -0.25) is 4.79 Å². The molecule has 3 nitrogen and oxygen atoms in total. The Morgan fingerprint density at radius 2 is 2.29 bits per heavy atom. The molecule has 5 heteroatoms. The van der Waals surface area contributed by atoms with Crippen molar-refractivity contribution in [3.05, 3.63) is 28.7 Å². The molecule has 1 N–H and O–H groups in total. The first-order valence-corrected chi connectivity index (χ1v) is 6.22. The molecule has 1 rings (SSSR count). The van der Waals surface area contributed by atoms with Gasteiger partial charge in [-0.2, -0.15) is 0 Å². The number of ether oxygens (including phenoxy) is 1. The van der Waals surface area contributed by atoms with Gasteiger partial charge in [0.25, 0.3) is 0 Å². The SMILES string of the molecule is O=C(CCl)NCC#CCOc1cccc(Br)c1. The minimum Gasteiger partial charge on any atom is -0.481 e. The van der Waals surface area contributed by atoms with Gasteiger partial charge in [-0.05, 0) is 18.2 Å². The van der Waals surface area contributed by atoms with Crippen molar-refractivity contribution in [3.63, 3.8) is 0 Å². The molecule has 1 amide bonds. The second-order valence-electron chi connectivity index (χ2n) is 3.01. The highest BCUT2D eigenvalue weighted by molar-refractivity contribution is 9.10.